The predicted octanol–water partition coefficient (Wildman–Crippen LogP) is 5.06. The van der Waals surface area contributed by atoms with E-state index >= 15 is 0 Å². The molecule has 40 heavy (non-hydrogen) atoms. The number of amides is 1. The maximum Gasteiger partial charge on any atom is 0.330 e. The second-order valence-electron chi connectivity index (χ2n) is 9.10. The van der Waals surface area contributed by atoms with E-state index < -0.39 is 22.0 Å². The Morgan fingerprint density at radius 1 is 0.925 bits per heavy atom. The minimum atomic E-state index is -3.95. The molecule has 0 N–H and O–H groups in total. The standard InChI is InChI=1S/C29H26ClN3O5S.ClH/c1-2-38-29(35)27-19-32(39(36,37)26-10-8-23-17-25(30)9-7-24(23)18-26)15-16-33(27)28(34)22-5-3-20(4-6-22)21-11-13-31-14-12-21;/h3-14,17-18,27H,2,15-16,19H2,1H3;1H. The van der Waals surface area contributed by atoms with Gasteiger partial charge in [-0.05, 0) is 77.4 Å². The lowest BCUT2D eigenvalue weighted by atomic mass is 10.0. The highest BCUT2D eigenvalue weighted by Gasteiger charge is 2.41. The number of sulfonamides is 1. The molecule has 1 aliphatic heterocycles. The average molecular weight is 601 g/mol. The Morgan fingerprint density at radius 2 is 1.57 bits per heavy atom. The monoisotopic (exact) mass is 599 g/mol. The lowest BCUT2D eigenvalue weighted by Gasteiger charge is -2.39. The van der Waals surface area contributed by atoms with Gasteiger partial charge in [0.15, 0.2) is 0 Å². The van der Waals surface area contributed by atoms with Crippen LogP contribution in [0, 0.1) is 0 Å². The molecule has 1 unspecified atom stereocenters. The SMILES string of the molecule is CCOC(=O)C1CN(S(=O)(=O)c2ccc3cc(Cl)ccc3c2)CCN1C(=O)c1ccc(-c2ccncc2)cc1.Cl. The molecule has 1 saturated heterocycles. The van der Waals surface area contributed by atoms with Crippen molar-refractivity contribution in [1.29, 1.82) is 0 Å². The third-order valence-corrected chi connectivity index (χ3v) is 8.82. The van der Waals surface area contributed by atoms with Crippen molar-refractivity contribution in [3.8, 4) is 11.1 Å². The summed E-state index contributed by atoms with van der Waals surface area (Å²) in [6.45, 7) is 1.65. The third kappa shape index (κ3) is 5.97. The number of esters is 1. The van der Waals surface area contributed by atoms with Crippen molar-refractivity contribution in [3.05, 3.63) is 95.8 Å². The molecule has 11 heteroatoms. The van der Waals surface area contributed by atoms with Gasteiger partial charge in [0.2, 0.25) is 10.0 Å². The summed E-state index contributed by atoms with van der Waals surface area (Å²) in [5, 5.41) is 2.10. The van der Waals surface area contributed by atoms with E-state index in [1.807, 2.05) is 24.3 Å². The van der Waals surface area contributed by atoms with E-state index in [4.69, 9.17) is 16.3 Å². The van der Waals surface area contributed by atoms with E-state index in [0.29, 0.717) is 10.6 Å². The van der Waals surface area contributed by atoms with Crippen molar-refractivity contribution in [2.75, 3.05) is 26.2 Å². The van der Waals surface area contributed by atoms with Crippen LogP contribution in [0.3, 0.4) is 0 Å². The Bertz CT molecular complexity index is 1630. The van der Waals surface area contributed by atoms with Crippen LogP contribution >= 0.6 is 24.0 Å². The molecular formula is C29H27Cl2N3O5S. The number of carbonyl (C=O) groups is 2. The molecule has 0 radical (unpaired) electrons. The van der Waals surface area contributed by atoms with Crippen LogP contribution in [0.25, 0.3) is 21.9 Å². The number of benzene rings is 3. The fourth-order valence-electron chi connectivity index (χ4n) is 4.68. The van der Waals surface area contributed by atoms with Gasteiger partial charge in [0.25, 0.3) is 5.91 Å². The first-order valence-corrected chi connectivity index (χ1v) is 14.3. The van der Waals surface area contributed by atoms with Crippen LogP contribution in [0.4, 0.5) is 0 Å². The summed E-state index contributed by atoms with van der Waals surface area (Å²) in [4.78, 5) is 32.0. The van der Waals surface area contributed by atoms with E-state index in [9.17, 15) is 18.0 Å². The van der Waals surface area contributed by atoms with E-state index in [0.717, 1.165) is 21.9 Å². The Morgan fingerprint density at radius 3 is 2.27 bits per heavy atom. The maximum atomic E-state index is 13.6. The average Bonchev–Trinajstić information content (AvgIpc) is 2.96. The number of halogens is 2. The summed E-state index contributed by atoms with van der Waals surface area (Å²) in [5.41, 5.74) is 2.28. The van der Waals surface area contributed by atoms with Crippen molar-refractivity contribution in [2.45, 2.75) is 17.9 Å². The summed E-state index contributed by atoms with van der Waals surface area (Å²) in [5.74, 6) is -1.01. The van der Waals surface area contributed by atoms with Gasteiger partial charge in [-0.2, -0.15) is 4.31 Å². The highest BCUT2D eigenvalue weighted by atomic mass is 35.5. The summed E-state index contributed by atoms with van der Waals surface area (Å²) in [6.07, 6.45) is 3.39. The van der Waals surface area contributed by atoms with Crippen molar-refractivity contribution in [2.24, 2.45) is 0 Å². The molecule has 1 fully saturated rings. The number of hydrogen-bond donors (Lipinski definition) is 0. The zero-order valence-electron chi connectivity index (χ0n) is 21.6. The Labute approximate surface area is 244 Å². The summed E-state index contributed by atoms with van der Waals surface area (Å²) < 4.78 is 33.6. The Balaban J connectivity index is 0.00000370. The first-order chi connectivity index (χ1) is 18.8. The van der Waals surface area contributed by atoms with Gasteiger partial charge in [-0.3, -0.25) is 9.78 Å². The summed E-state index contributed by atoms with van der Waals surface area (Å²) >= 11 is 6.06. The zero-order valence-corrected chi connectivity index (χ0v) is 24.0. The van der Waals surface area contributed by atoms with E-state index in [-0.39, 0.29) is 49.5 Å². The third-order valence-electron chi connectivity index (χ3n) is 6.72. The minimum Gasteiger partial charge on any atom is -0.464 e. The number of ether oxygens (including phenoxy) is 1. The maximum absolute atomic E-state index is 13.6. The quantitative estimate of drug-likeness (QED) is 0.287. The van der Waals surface area contributed by atoms with E-state index in [2.05, 4.69) is 4.98 Å². The number of carbonyl (C=O) groups excluding carboxylic acids is 2. The van der Waals surface area contributed by atoms with Crippen LogP contribution < -0.4 is 0 Å². The molecule has 5 rings (SSSR count). The first-order valence-electron chi connectivity index (χ1n) is 12.5. The fraction of sp³-hybridized carbons (Fsp3) is 0.207. The van der Waals surface area contributed by atoms with Gasteiger partial charge in [-0.15, -0.1) is 12.4 Å². The van der Waals surface area contributed by atoms with Crippen LogP contribution in [0.15, 0.2) is 90.1 Å². The van der Waals surface area contributed by atoms with Crippen molar-refractivity contribution < 1.29 is 22.7 Å². The highest BCUT2D eigenvalue weighted by molar-refractivity contribution is 7.89. The van der Waals surface area contributed by atoms with Crippen molar-refractivity contribution in [3.63, 3.8) is 0 Å². The van der Waals surface area contributed by atoms with Crippen LogP contribution in [-0.2, 0) is 19.6 Å². The van der Waals surface area contributed by atoms with Gasteiger partial charge in [0.1, 0.15) is 6.04 Å². The number of fused-ring (bicyclic) bond motifs is 1. The minimum absolute atomic E-state index is 0. The normalized spacial score (nSPS) is 15.8. The Kier molecular flexibility index (Phi) is 9.10. The highest BCUT2D eigenvalue weighted by Crippen LogP contribution is 2.27. The molecule has 1 atom stereocenters. The summed E-state index contributed by atoms with van der Waals surface area (Å²) in [6, 6.07) is 19.7. The Hall–Kier alpha value is -3.50. The first kappa shape index (κ1) is 29.5. The molecule has 0 saturated carbocycles. The van der Waals surface area contributed by atoms with Gasteiger partial charge in [-0.1, -0.05) is 35.9 Å². The predicted molar refractivity (Wildman–Crippen MR) is 156 cm³/mol. The number of aromatic nitrogens is 1. The van der Waals surface area contributed by atoms with Gasteiger partial charge in [0.05, 0.1) is 11.5 Å². The van der Waals surface area contributed by atoms with Crippen molar-refractivity contribution >= 4 is 56.7 Å². The molecule has 1 amide bonds. The second kappa shape index (κ2) is 12.3. The van der Waals surface area contributed by atoms with Crippen LogP contribution in [0.1, 0.15) is 17.3 Å². The van der Waals surface area contributed by atoms with E-state index in [1.165, 1.54) is 15.3 Å². The fourth-order valence-corrected chi connectivity index (χ4v) is 6.33. The van der Waals surface area contributed by atoms with Crippen molar-refractivity contribution in [1.82, 2.24) is 14.2 Å². The van der Waals surface area contributed by atoms with Gasteiger partial charge in [-0.25, -0.2) is 13.2 Å². The van der Waals surface area contributed by atoms with Gasteiger partial charge >= 0.3 is 5.97 Å². The largest absolute Gasteiger partial charge is 0.464 e. The lowest BCUT2D eigenvalue weighted by Crippen LogP contribution is -2.59. The number of rotatable bonds is 6. The summed E-state index contributed by atoms with van der Waals surface area (Å²) in [7, 11) is -3.95. The lowest BCUT2D eigenvalue weighted by molar-refractivity contribution is -0.149. The molecule has 4 aromatic rings. The molecule has 0 aliphatic carbocycles. The topological polar surface area (TPSA) is 96.9 Å². The molecule has 0 spiro atoms. The number of piperazine rings is 1. The smallest absolute Gasteiger partial charge is 0.330 e. The van der Waals surface area contributed by atoms with Gasteiger partial charge < -0.3 is 9.64 Å². The molecular weight excluding hydrogens is 573 g/mol. The zero-order chi connectivity index (χ0) is 27.6. The molecule has 1 aromatic heterocycles. The molecule has 0 bridgehead atoms. The second-order valence-corrected chi connectivity index (χ2v) is 11.5. The van der Waals surface area contributed by atoms with Crippen LogP contribution in [-0.4, -0.2) is 66.8 Å². The van der Waals surface area contributed by atoms with Gasteiger partial charge in [0, 0.05) is 42.6 Å². The van der Waals surface area contributed by atoms with Crippen LogP contribution in [0.5, 0.6) is 0 Å². The molecule has 208 valence electrons. The number of pyridine rings is 1. The molecule has 2 heterocycles. The van der Waals surface area contributed by atoms with E-state index in [1.54, 1.807) is 61.8 Å². The molecule has 3 aromatic carbocycles. The molecule has 8 nitrogen and oxygen atoms in total. The van der Waals surface area contributed by atoms with Crippen LogP contribution in [0.2, 0.25) is 5.02 Å². The number of nitrogens with zero attached hydrogens (tertiary/aromatic N) is 3. The number of hydrogen-bond acceptors (Lipinski definition) is 6. The molecule has 1 aliphatic rings.